The second-order valence-corrected chi connectivity index (χ2v) is 11.0. The third-order valence-electron chi connectivity index (χ3n) is 6.11. The monoisotopic (exact) mass is 635 g/mol. The number of esters is 1. The summed E-state index contributed by atoms with van der Waals surface area (Å²) in [6, 6.07) is 18.7. The summed E-state index contributed by atoms with van der Waals surface area (Å²) in [5, 5.41) is 11.2. The van der Waals surface area contributed by atoms with Crippen LogP contribution in [-0.4, -0.2) is 35.2 Å². The fourth-order valence-corrected chi connectivity index (χ4v) is 5.43. The van der Waals surface area contributed by atoms with Crippen molar-refractivity contribution in [3.63, 3.8) is 0 Å². The smallest absolute Gasteiger partial charge is 0.344 e. The van der Waals surface area contributed by atoms with Crippen molar-refractivity contribution in [3.05, 3.63) is 109 Å². The minimum atomic E-state index is -0.758. The number of thioether (sulfide) groups is 1. The van der Waals surface area contributed by atoms with E-state index in [0.29, 0.717) is 45.2 Å². The topological polar surface area (TPSA) is 94.4 Å². The number of carbonyl (C=O) groups excluding carboxylic acids is 2. The van der Waals surface area contributed by atoms with Crippen molar-refractivity contribution in [1.82, 2.24) is 0 Å². The molecule has 3 aromatic carbocycles. The standard InChI is InChI=1S/C32H30BrNO6S/c1-5-38-25-15-22(24(33)17-26(25)40-18-21-13-11-19(3)12-14-21)16-27-29(35)28(32(37)39-6-2)31(41-27)34-30(36)23-10-8-7-9-20(23)4/h7-17,35H,5-6,18H2,1-4H3/b27-16-,34-31?. The van der Waals surface area contributed by atoms with Crippen LogP contribution in [0.1, 0.15) is 46.5 Å². The van der Waals surface area contributed by atoms with Gasteiger partial charge in [-0.15, -0.1) is 0 Å². The van der Waals surface area contributed by atoms with Crippen molar-refractivity contribution < 1.29 is 28.9 Å². The molecule has 1 aliphatic rings. The highest BCUT2D eigenvalue weighted by molar-refractivity contribution is 9.10. The van der Waals surface area contributed by atoms with Crippen LogP contribution in [-0.2, 0) is 16.1 Å². The number of ether oxygens (including phenoxy) is 3. The van der Waals surface area contributed by atoms with Gasteiger partial charge in [0.05, 0.1) is 18.1 Å². The van der Waals surface area contributed by atoms with E-state index in [-0.39, 0.29) is 23.0 Å². The van der Waals surface area contributed by atoms with Gasteiger partial charge in [0.2, 0.25) is 0 Å². The van der Waals surface area contributed by atoms with Crippen LogP contribution in [0, 0.1) is 13.8 Å². The van der Waals surface area contributed by atoms with Crippen molar-refractivity contribution >= 4 is 50.7 Å². The van der Waals surface area contributed by atoms with Crippen LogP contribution in [0.25, 0.3) is 6.08 Å². The minimum absolute atomic E-state index is 0.0691. The molecule has 0 unspecified atom stereocenters. The largest absolute Gasteiger partial charge is 0.506 e. The number of aliphatic hydroxyl groups excluding tert-OH is 1. The maximum Gasteiger partial charge on any atom is 0.344 e. The maximum absolute atomic E-state index is 13.0. The van der Waals surface area contributed by atoms with Gasteiger partial charge in [0.25, 0.3) is 5.91 Å². The number of aryl methyl sites for hydroxylation is 2. The number of aliphatic imine (C=N–C) groups is 1. The van der Waals surface area contributed by atoms with Crippen molar-refractivity contribution in [2.24, 2.45) is 4.99 Å². The van der Waals surface area contributed by atoms with E-state index in [4.69, 9.17) is 14.2 Å². The molecular formula is C32H30BrNO6S. The summed E-state index contributed by atoms with van der Waals surface area (Å²) in [5.41, 5.74) is 3.87. The summed E-state index contributed by atoms with van der Waals surface area (Å²) >= 11 is 4.61. The third-order valence-corrected chi connectivity index (χ3v) is 7.82. The van der Waals surface area contributed by atoms with E-state index in [2.05, 4.69) is 20.9 Å². The van der Waals surface area contributed by atoms with Crippen molar-refractivity contribution in [1.29, 1.82) is 0 Å². The number of rotatable bonds is 9. The first kappa shape index (κ1) is 30.1. The Morgan fingerprint density at radius 3 is 2.37 bits per heavy atom. The van der Waals surface area contributed by atoms with Gasteiger partial charge in [-0.1, -0.05) is 75.7 Å². The van der Waals surface area contributed by atoms with E-state index in [0.717, 1.165) is 22.9 Å². The summed E-state index contributed by atoms with van der Waals surface area (Å²) < 4.78 is 17.8. The number of aliphatic hydroxyl groups is 1. The molecule has 1 amide bonds. The lowest BCUT2D eigenvalue weighted by Crippen LogP contribution is -2.14. The Morgan fingerprint density at radius 2 is 1.68 bits per heavy atom. The molecule has 0 radical (unpaired) electrons. The zero-order valence-electron chi connectivity index (χ0n) is 23.2. The predicted octanol–water partition coefficient (Wildman–Crippen LogP) is 7.75. The first-order chi connectivity index (χ1) is 19.7. The first-order valence-electron chi connectivity index (χ1n) is 13.1. The average Bonchev–Trinajstić information content (AvgIpc) is 3.24. The van der Waals surface area contributed by atoms with Crippen LogP contribution >= 0.6 is 27.7 Å². The molecule has 9 heteroatoms. The van der Waals surface area contributed by atoms with Crippen LogP contribution < -0.4 is 9.47 Å². The molecule has 41 heavy (non-hydrogen) atoms. The molecule has 0 bridgehead atoms. The van der Waals surface area contributed by atoms with E-state index in [1.807, 2.05) is 57.2 Å². The van der Waals surface area contributed by atoms with E-state index >= 15 is 0 Å². The molecule has 212 valence electrons. The fraction of sp³-hybridized carbons (Fsp3) is 0.219. The molecule has 3 aromatic rings. The Balaban J connectivity index is 1.68. The molecule has 0 aromatic heterocycles. The Hall–Kier alpha value is -3.82. The number of hydrogen-bond donors (Lipinski definition) is 1. The van der Waals surface area contributed by atoms with Gasteiger partial charge in [-0.25, -0.2) is 9.79 Å². The predicted molar refractivity (Wildman–Crippen MR) is 166 cm³/mol. The second-order valence-electron chi connectivity index (χ2n) is 9.12. The number of amides is 1. The highest BCUT2D eigenvalue weighted by atomic mass is 79.9. The van der Waals surface area contributed by atoms with Gasteiger partial charge in [0.1, 0.15) is 23.0 Å². The zero-order valence-corrected chi connectivity index (χ0v) is 25.6. The van der Waals surface area contributed by atoms with Gasteiger partial charge >= 0.3 is 5.97 Å². The Kier molecular flexibility index (Phi) is 10.1. The molecule has 0 fully saturated rings. The van der Waals surface area contributed by atoms with Gasteiger partial charge in [-0.3, -0.25) is 4.79 Å². The second kappa shape index (κ2) is 13.7. The van der Waals surface area contributed by atoms with Crippen molar-refractivity contribution in [2.45, 2.75) is 34.3 Å². The summed E-state index contributed by atoms with van der Waals surface area (Å²) in [4.78, 5) is 30.3. The Bertz CT molecular complexity index is 1560. The lowest BCUT2D eigenvalue weighted by Gasteiger charge is -2.14. The number of halogens is 1. The fourth-order valence-electron chi connectivity index (χ4n) is 3.99. The Morgan fingerprint density at radius 1 is 0.976 bits per heavy atom. The number of hydrogen-bond acceptors (Lipinski definition) is 7. The van der Waals surface area contributed by atoms with Crippen molar-refractivity contribution in [3.8, 4) is 11.5 Å². The molecule has 1 N–H and O–H groups in total. The zero-order chi connectivity index (χ0) is 29.5. The van der Waals surface area contributed by atoms with E-state index in [9.17, 15) is 14.7 Å². The van der Waals surface area contributed by atoms with Crippen molar-refractivity contribution in [2.75, 3.05) is 13.2 Å². The molecule has 0 aliphatic carbocycles. The number of benzene rings is 3. The summed E-state index contributed by atoms with van der Waals surface area (Å²) in [6.07, 6.45) is 1.69. The molecular weight excluding hydrogens is 606 g/mol. The maximum atomic E-state index is 13.0. The van der Waals surface area contributed by atoms with Gasteiger partial charge in [-0.05, 0) is 68.7 Å². The Labute approximate surface area is 252 Å². The minimum Gasteiger partial charge on any atom is -0.506 e. The molecule has 1 heterocycles. The van der Waals surface area contributed by atoms with Crippen LogP contribution in [0.15, 0.2) is 86.4 Å². The lowest BCUT2D eigenvalue weighted by atomic mass is 10.1. The number of carbonyl (C=O) groups is 2. The van der Waals surface area contributed by atoms with Gasteiger partial charge in [-0.2, -0.15) is 0 Å². The summed E-state index contributed by atoms with van der Waals surface area (Å²) in [6.45, 7) is 8.27. The summed E-state index contributed by atoms with van der Waals surface area (Å²) in [7, 11) is 0. The van der Waals surface area contributed by atoms with Crippen LogP contribution in [0.4, 0.5) is 0 Å². The molecule has 0 atom stereocenters. The molecule has 0 saturated heterocycles. The highest BCUT2D eigenvalue weighted by Gasteiger charge is 2.34. The molecule has 4 rings (SSSR count). The normalized spacial score (nSPS) is 15.0. The third kappa shape index (κ3) is 7.28. The highest BCUT2D eigenvalue weighted by Crippen LogP contribution is 2.42. The van der Waals surface area contributed by atoms with E-state index < -0.39 is 11.9 Å². The van der Waals surface area contributed by atoms with Gasteiger partial charge < -0.3 is 19.3 Å². The van der Waals surface area contributed by atoms with Crippen LogP contribution in [0.3, 0.4) is 0 Å². The average molecular weight is 637 g/mol. The van der Waals surface area contributed by atoms with Crippen LogP contribution in [0.2, 0.25) is 0 Å². The van der Waals surface area contributed by atoms with E-state index in [1.54, 1.807) is 37.3 Å². The molecule has 1 aliphatic heterocycles. The summed E-state index contributed by atoms with van der Waals surface area (Å²) in [5.74, 6) is -0.509. The van der Waals surface area contributed by atoms with Gasteiger partial charge in [0.15, 0.2) is 11.5 Å². The lowest BCUT2D eigenvalue weighted by molar-refractivity contribution is -0.138. The van der Waals surface area contributed by atoms with Crippen LogP contribution in [0.5, 0.6) is 11.5 Å². The quantitative estimate of drug-likeness (QED) is 0.240. The van der Waals surface area contributed by atoms with E-state index in [1.165, 1.54) is 5.56 Å². The SMILES string of the molecule is CCOC(=O)C1=C(O)/C(=C/c2cc(OCC)c(OCc3ccc(C)cc3)cc2Br)SC1=NC(=O)c1ccccc1C. The first-order valence-corrected chi connectivity index (χ1v) is 14.7. The molecule has 0 spiro atoms. The molecule has 7 nitrogen and oxygen atoms in total. The molecule has 0 saturated carbocycles. The van der Waals surface area contributed by atoms with Gasteiger partial charge in [0, 0.05) is 10.0 Å². The number of nitrogens with zero attached hydrogens (tertiary/aromatic N) is 1.